The summed E-state index contributed by atoms with van der Waals surface area (Å²) in [5.41, 5.74) is 4.73. The van der Waals surface area contributed by atoms with E-state index in [2.05, 4.69) is 10.5 Å². The highest BCUT2D eigenvalue weighted by Gasteiger charge is 2.30. The molecule has 0 radical (unpaired) electrons. The third-order valence-corrected chi connectivity index (χ3v) is 3.38. The number of carbonyl (C=O) groups excluding carboxylic acids is 1. The van der Waals surface area contributed by atoms with Crippen LogP contribution in [0.4, 0.5) is 0 Å². The molecule has 88 valence electrons. The Bertz CT molecular complexity index is 389. The Morgan fingerprint density at radius 1 is 1.75 bits per heavy atom. The third kappa shape index (κ3) is 2.52. The first kappa shape index (κ1) is 12.5. The molecule has 6 heteroatoms. The Kier molecular flexibility index (Phi) is 3.89. The molecule has 1 heterocycles. The van der Waals surface area contributed by atoms with E-state index in [0.29, 0.717) is 11.3 Å². The molecule has 1 aromatic rings. The van der Waals surface area contributed by atoms with Crippen molar-refractivity contribution in [3.8, 4) is 0 Å². The van der Waals surface area contributed by atoms with Crippen LogP contribution in [-0.4, -0.2) is 22.5 Å². The molecular formula is C10H15N3O2S. The van der Waals surface area contributed by atoms with E-state index in [1.54, 1.807) is 19.1 Å². The van der Waals surface area contributed by atoms with Crippen LogP contribution in [0.2, 0.25) is 0 Å². The van der Waals surface area contributed by atoms with Crippen molar-refractivity contribution in [1.82, 2.24) is 5.32 Å². The number of thiophene rings is 1. The van der Waals surface area contributed by atoms with Crippen LogP contribution in [0.1, 0.15) is 29.9 Å². The smallest absolute Gasteiger partial charge is 0.262 e. The van der Waals surface area contributed by atoms with Gasteiger partial charge in [0.1, 0.15) is 0 Å². The minimum Gasteiger partial charge on any atom is -0.409 e. The molecule has 0 fully saturated rings. The Balaban J connectivity index is 2.82. The van der Waals surface area contributed by atoms with Crippen LogP contribution in [0, 0.1) is 0 Å². The number of amidine groups is 1. The Hall–Kier alpha value is -1.56. The van der Waals surface area contributed by atoms with Crippen LogP contribution in [0.25, 0.3) is 0 Å². The number of hydrogen-bond donors (Lipinski definition) is 3. The SMILES string of the molecule is CCC(C)(NC(=O)c1cccs1)/C(N)=N/O. The van der Waals surface area contributed by atoms with E-state index in [4.69, 9.17) is 10.9 Å². The summed E-state index contributed by atoms with van der Waals surface area (Å²) in [6.45, 7) is 3.57. The van der Waals surface area contributed by atoms with Gasteiger partial charge in [-0.15, -0.1) is 11.3 Å². The molecule has 4 N–H and O–H groups in total. The van der Waals surface area contributed by atoms with Gasteiger partial charge < -0.3 is 16.3 Å². The summed E-state index contributed by atoms with van der Waals surface area (Å²) < 4.78 is 0. The van der Waals surface area contributed by atoms with Crippen LogP contribution in [-0.2, 0) is 0 Å². The van der Waals surface area contributed by atoms with E-state index < -0.39 is 5.54 Å². The molecule has 1 amide bonds. The normalized spacial score (nSPS) is 15.5. The van der Waals surface area contributed by atoms with E-state index in [0.717, 1.165) is 0 Å². The van der Waals surface area contributed by atoms with Gasteiger partial charge in [-0.1, -0.05) is 18.1 Å². The van der Waals surface area contributed by atoms with Crippen molar-refractivity contribution in [3.05, 3.63) is 22.4 Å². The van der Waals surface area contributed by atoms with Gasteiger partial charge in [0.05, 0.1) is 10.4 Å². The topological polar surface area (TPSA) is 87.7 Å². The molecule has 0 aliphatic rings. The minimum atomic E-state index is -0.824. The number of oxime groups is 1. The summed E-state index contributed by atoms with van der Waals surface area (Å²) in [7, 11) is 0. The van der Waals surface area contributed by atoms with Crippen LogP contribution >= 0.6 is 11.3 Å². The predicted molar refractivity (Wildman–Crippen MR) is 63.9 cm³/mol. The molecule has 5 nitrogen and oxygen atoms in total. The second kappa shape index (κ2) is 4.98. The lowest BCUT2D eigenvalue weighted by Gasteiger charge is -2.27. The highest BCUT2D eigenvalue weighted by atomic mass is 32.1. The van der Waals surface area contributed by atoms with Crippen LogP contribution in [0.3, 0.4) is 0 Å². The molecule has 0 saturated heterocycles. The van der Waals surface area contributed by atoms with Gasteiger partial charge in [-0.25, -0.2) is 0 Å². The second-order valence-electron chi connectivity index (χ2n) is 3.60. The highest BCUT2D eigenvalue weighted by Crippen LogP contribution is 2.14. The number of nitrogens with two attached hydrogens (primary N) is 1. The number of rotatable bonds is 4. The third-order valence-electron chi connectivity index (χ3n) is 2.51. The van der Waals surface area contributed by atoms with Crippen molar-refractivity contribution in [1.29, 1.82) is 0 Å². The molecule has 0 aromatic carbocycles. The zero-order valence-corrected chi connectivity index (χ0v) is 10.0. The maximum absolute atomic E-state index is 11.8. The van der Waals surface area contributed by atoms with E-state index >= 15 is 0 Å². The van der Waals surface area contributed by atoms with Gasteiger partial charge in [0.15, 0.2) is 5.84 Å². The summed E-state index contributed by atoms with van der Waals surface area (Å²) in [6.07, 6.45) is 0.542. The van der Waals surface area contributed by atoms with Crippen LogP contribution in [0.15, 0.2) is 22.7 Å². The zero-order chi connectivity index (χ0) is 12.2. The summed E-state index contributed by atoms with van der Waals surface area (Å²) in [5.74, 6) is -0.217. The van der Waals surface area contributed by atoms with Gasteiger partial charge in [0.25, 0.3) is 5.91 Å². The fraction of sp³-hybridized carbons (Fsp3) is 0.400. The van der Waals surface area contributed by atoms with Crippen molar-refractivity contribution in [3.63, 3.8) is 0 Å². The maximum Gasteiger partial charge on any atom is 0.262 e. The maximum atomic E-state index is 11.8. The van der Waals surface area contributed by atoms with Crippen molar-refractivity contribution in [2.45, 2.75) is 25.8 Å². The minimum absolute atomic E-state index is 0.0000869. The van der Waals surface area contributed by atoms with Gasteiger partial charge in [-0.2, -0.15) is 0 Å². The average molecular weight is 241 g/mol. The van der Waals surface area contributed by atoms with Crippen molar-refractivity contribution < 1.29 is 10.0 Å². The number of amides is 1. The van der Waals surface area contributed by atoms with Gasteiger partial charge in [-0.05, 0) is 24.8 Å². The largest absolute Gasteiger partial charge is 0.409 e. The van der Waals surface area contributed by atoms with Crippen molar-refractivity contribution >= 4 is 23.1 Å². The van der Waals surface area contributed by atoms with Crippen LogP contribution < -0.4 is 11.1 Å². The van der Waals surface area contributed by atoms with Crippen LogP contribution in [0.5, 0.6) is 0 Å². The van der Waals surface area contributed by atoms with E-state index in [9.17, 15) is 4.79 Å². The van der Waals surface area contributed by atoms with E-state index in [1.165, 1.54) is 11.3 Å². The van der Waals surface area contributed by atoms with Gasteiger partial charge in [-0.3, -0.25) is 4.79 Å². The van der Waals surface area contributed by atoms with Crippen molar-refractivity contribution in [2.75, 3.05) is 0 Å². The Morgan fingerprint density at radius 2 is 2.44 bits per heavy atom. The molecule has 0 aliphatic heterocycles. The molecular weight excluding hydrogens is 226 g/mol. The second-order valence-corrected chi connectivity index (χ2v) is 4.55. The average Bonchev–Trinajstić information content (AvgIpc) is 2.81. The fourth-order valence-electron chi connectivity index (χ4n) is 1.16. The van der Waals surface area contributed by atoms with Crippen molar-refractivity contribution in [2.24, 2.45) is 10.9 Å². The molecule has 0 spiro atoms. The zero-order valence-electron chi connectivity index (χ0n) is 9.23. The molecule has 1 unspecified atom stereocenters. The molecule has 0 saturated carbocycles. The molecule has 1 atom stereocenters. The lowest BCUT2D eigenvalue weighted by atomic mass is 9.97. The van der Waals surface area contributed by atoms with Gasteiger partial charge >= 0.3 is 0 Å². The Labute approximate surface area is 98.0 Å². The summed E-state index contributed by atoms with van der Waals surface area (Å²) in [6, 6.07) is 3.52. The summed E-state index contributed by atoms with van der Waals surface area (Å²) >= 11 is 1.35. The van der Waals surface area contributed by atoms with Gasteiger partial charge in [0, 0.05) is 0 Å². The number of hydrogen-bond acceptors (Lipinski definition) is 4. The highest BCUT2D eigenvalue weighted by molar-refractivity contribution is 7.12. The first-order chi connectivity index (χ1) is 7.53. The standard InChI is InChI=1S/C10H15N3O2S/c1-3-10(2,9(11)13-15)12-8(14)7-5-4-6-16-7/h4-6,15H,3H2,1-2H3,(H2,11,13)(H,12,14). The first-order valence-corrected chi connectivity index (χ1v) is 5.75. The molecule has 1 aromatic heterocycles. The lowest BCUT2D eigenvalue weighted by Crippen LogP contribution is -2.54. The molecule has 1 rings (SSSR count). The van der Waals surface area contributed by atoms with Gasteiger partial charge in [0.2, 0.25) is 0 Å². The lowest BCUT2D eigenvalue weighted by molar-refractivity contribution is 0.0929. The van der Waals surface area contributed by atoms with E-state index in [-0.39, 0.29) is 11.7 Å². The predicted octanol–water partition coefficient (Wildman–Crippen LogP) is 1.39. The number of nitrogens with one attached hydrogen (secondary N) is 1. The first-order valence-electron chi connectivity index (χ1n) is 4.87. The quantitative estimate of drug-likeness (QED) is 0.322. The molecule has 0 bridgehead atoms. The number of carbonyl (C=O) groups is 1. The summed E-state index contributed by atoms with van der Waals surface area (Å²) in [4.78, 5) is 12.4. The fourth-order valence-corrected chi connectivity index (χ4v) is 1.78. The number of nitrogens with zero attached hydrogens (tertiary/aromatic N) is 1. The molecule has 0 aliphatic carbocycles. The monoisotopic (exact) mass is 241 g/mol. The molecule has 16 heavy (non-hydrogen) atoms. The van der Waals surface area contributed by atoms with E-state index in [1.807, 2.05) is 12.3 Å². The summed E-state index contributed by atoms with van der Waals surface area (Å²) in [5, 5.41) is 16.2. The Morgan fingerprint density at radius 3 is 2.88 bits per heavy atom.